The number of carbonyl (C=O) groups is 2. The Labute approximate surface area is 101 Å². The standard InChI is InChI=1S/C12H9BrO3/c1-2-12(16)4-3-7-8(6-12)10(14)5-9(13)11(7)15/h1,5,16H,3-4,6H2. The van der Waals surface area contributed by atoms with E-state index in [1.54, 1.807) is 0 Å². The number of terminal acetylenes is 1. The molecule has 0 saturated carbocycles. The first kappa shape index (κ1) is 11.3. The molecule has 1 atom stereocenters. The van der Waals surface area contributed by atoms with Gasteiger partial charge in [0.2, 0.25) is 0 Å². The second kappa shape index (κ2) is 3.69. The van der Waals surface area contributed by atoms with Gasteiger partial charge in [-0.1, -0.05) is 5.92 Å². The van der Waals surface area contributed by atoms with Crippen molar-refractivity contribution >= 4 is 27.5 Å². The summed E-state index contributed by atoms with van der Waals surface area (Å²) in [6.45, 7) is 0. The van der Waals surface area contributed by atoms with Gasteiger partial charge in [-0.25, -0.2) is 0 Å². The van der Waals surface area contributed by atoms with Crippen LogP contribution in [0.3, 0.4) is 0 Å². The third-order valence-corrected chi connectivity index (χ3v) is 3.53. The molecular formula is C12H9BrO3. The van der Waals surface area contributed by atoms with Gasteiger partial charge in [-0.15, -0.1) is 6.42 Å². The van der Waals surface area contributed by atoms with Crippen molar-refractivity contribution in [2.75, 3.05) is 0 Å². The van der Waals surface area contributed by atoms with E-state index in [1.807, 2.05) is 0 Å². The van der Waals surface area contributed by atoms with Crippen LogP contribution in [0.2, 0.25) is 0 Å². The summed E-state index contributed by atoms with van der Waals surface area (Å²) in [5.41, 5.74) is -0.439. The highest BCUT2D eigenvalue weighted by atomic mass is 79.9. The smallest absolute Gasteiger partial charge is 0.196 e. The average molecular weight is 281 g/mol. The maximum atomic E-state index is 11.7. The summed E-state index contributed by atoms with van der Waals surface area (Å²) < 4.78 is 0.280. The number of Topliss-reactive ketones (excluding diaryl/α,β-unsaturated/α-hetero) is 1. The molecule has 2 rings (SSSR count). The number of carbonyl (C=O) groups excluding carboxylic acids is 2. The van der Waals surface area contributed by atoms with Crippen LogP contribution in [0.15, 0.2) is 21.7 Å². The molecule has 0 bridgehead atoms. The molecule has 0 aromatic carbocycles. The lowest BCUT2D eigenvalue weighted by molar-refractivity contribution is -0.116. The largest absolute Gasteiger partial charge is 0.377 e. The van der Waals surface area contributed by atoms with E-state index in [1.165, 1.54) is 6.08 Å². The van der Waals surface area contributed by atoms with Crippen molar-refractivity contribution in [3.8, 4) is 12.3 Å². The molecule has 0 fully saturated rings. The van der Waals surface area contributed by atoms with Crippen LogP contribution in [0.25, 0.3) is 0 Å². The summed E-state index contributed by atoms with van der Waals surface area (Å²) in [6, 6.07) is 0. The summed E-state index contributed by atoms with van der Waals surface area (Å²) >= 11 is 3.06. The van der Waals surface area contributed by atoms with Crippen LogP contribution in [-0.4, -0.2) is 22.3 Å². The monoisotopic (exact) mass is 280 g/mol. The van der Waals surface area contributed by atoms with Crippen molar-refractivity contribution in [1.82, 2.24) is 0 Å². The Hall–Kier alpha value is -1.18. The molecule has 0 aromatic rings. The molecule has 2 aliphatic rings. The van der Waals surface area contributed by atoms with Gasteiger partial charge < -0.3 is 5.11 Å². The molecule has 1 unspecified atom stereocenters. The second-order valence-electron chi connectivity index (χ2n) is 4.00. The summed E-state index contributed by atoms with van der Waals surface area (Å²) in [5.74, 6) is 1.87. The first-order valence-corrected chi connectivity index (χ1v) is 5.64. The van der Waals surface area contributed by atoms with Gasteiger partial charge in [-0.2, -0.15) is 0 Å². The topological polar surface area (TPSA) is 54.4 Å². The fraction of sp³-hybridized carbons (Fsp3) is 0.333. The molecule has 4 heteroatoms. The van der Waals surface area contributed by atoms with E-state index >= 15 is 0 Å². The van der Waals surface area contributed by atoms with E-state index in [0.29, 0.717) is 24.0 Å². The number of rotatable bonds is 0. The Morgan fingerprint density at radius 3 is 2.75 bits per heavy atom. The number of ketones is 2. The molecule has 0 aliphatic heterocycles. The lowest BCUT2D eigenvalue weighted by atomic mass is 9.76. The number of aliphatic hydroxyl groups is 1. The molecule has 16 heavy (non-hydrogen) atoms. The predicted octanol–water partition coefficient (Wildman–Crippen LogP) is 1.26. The minimum absolute atomic E-state index is 0.0696. The van der Waals surface area contributed by atoms with Gasteiger partial charge in [0.05, 0.1) is 4.48 Å². The first-order chi connectivity index (χ1) is 7.47. The van der Waals surface area contributed by atoms with E-state index in [9.17, 15) is 14.7 Å². The highest BCUT2D eigenvalue weighted by Crippen LogP contribution is 2.37. The van der Waals surface area contributed by atoms with Gasteiger partial charge in [0.1, 0.15) is 5.60 Å². The van der Waals surface area contributed by atoms with Crippen LogP contribution in [0.5, 0.6) is 0 Å². The molecular weight excluding hydrogens is 272 g/mol. The lowest BCUT2D eigenvalue weighted by Crippen LogP contribution is -2.35. The highest BCUT2D eigenvalue weighted by molar-refractivity contribution is 9.12. The quantitative estimate of drug-likeness (QED) is 0.537. The number of halogens is 1. The molecule has 2 aliphatic carbocycles. The Balaban J connectivity index is 2.43. The van der Waals surface area contributed by atoms with E-state index in [0.717, 1.165) is 0 Å². The fourth-order valence-corrected chi connectivity index (χ4v) is 2.44. The van der Waals surface area contributed by atoms with Gasteiger partial charge in [0.15, 0.2) is 11.6 Å². The normalized spacial score (nSPS) is 29.7. The zero-order chi connectivity index (χ0) is 11.9. The molecule has 0 spiro atoms. The molecule has 0 aromatic heterocycles. The third kappa shape index (κ3) is 1.66. The number of hydrogen-bond acceptors (Lipinski definition) is 3. The Morgan fingerprint density at radius 1 is 1.44 bits per heavy atom. The predicted molar refractivity (Wildman–Crippen MR) is 61.7 cm³/mol. The van der Waals surface area contributed by atoms with E-state index in [4.69, 9.17) is 6.42 Å². The Bertz CT molecular complexity index is 493. The van der Waals surface area contributed by atoms with Crippen LogP contribution >= 0.6 is 15.9 Å². The first-order valence-electron chi connectivity index (χ1n) is 4.85. The summed E-state index contributed by atoms with van der Waals surface area (Å²) in [7, 11) is 0. The molecule has 0 saturated heterocycles. The minimum Gasteiger partial charge on any atom is -0.377 e. The van der Waals surface area contributed by atoms with E-state index < -0.39 is 5.60 Å². The van der Waals surface area contributed by atoms with Crippen LogP contribution in [0.1, 0.15) is 19.3 Å². The number of hydrogen-bond donors (Lipinski definition) is 1. The van der Waals surface area contributed by atoms with E-state index in [2.05, 4.69) is 21.9 Å². The van der Waals surface area contributed by atoms with Gasteiger partial charge in [-0.3, -0.25) is 9.59 Å². The molecule has 3 nitrogen and oxygen atoms in total. The van der Waals surface area contributed by atoms with Gasteiger partial charge in [0.25, 0.3) is 0 Å². The highest BCUT2D eigenvalue weighted by Gasteiger charge is 2.38. The van der Waals surface area contributed by atoms with Crippen LogP contribution in [-0.2, 0) is 9.59 Å². The minimum atomic E-state index is -1.29. The van der Waals surface area contributed by atoms with Crippen LogP contribution in [0.4, 0.5) is 0 Å². The number of allylic oxidation sites excluding steroid dienone is 3. The van der Waals surface area contributed by atoms with E-state index in [-0.39, 0.29) is 22.5 Å². The maximum Gasteiger partial charge on any atom is 0.196 e. The van der Waals surface area contributed by atoms with Crippen molar-refractivity contribution in [2.24, 2.45) is 0 Å². The molecule has 0 heterocycles. The fourth-order valence-electron chi connectivity index (χ4n) is 1.99. The average Bonchev–Trinajstić information content (AvgIpc) is 2.26. The molecule has 0 amide bonds. The van der Waals surface area contributed by atoms with Crippen molar-refractivity contribution in [1.29, 1.82) is 0 Å². The molecule has 0 radical (unpaired) electrons. The van der Waals surface area contributed by atoms with Crippen molar-refractivity contribution in [2.45, 2.75) is 24.9 Å². The summed E-state index contributed by atoms with van der Waals surface area (Å²) in [5, 5.41) is 9.92. The summed E-state index contributed by atoms with van der Waals surface area (Å²) in [4.78, 5) is 23.4. The van der Waals surface area contributed by atoms with Crippen LogP contribution < -0.4 is 0 Å². The Morgan fingerprint density at radius 2 is 2.12 bits per heavy atom. The third-order valence-electron chi connectivity index (χ3n) is 2.94. The zero-order valence-electron chi connectivity index (χ0n) is 8.42. The van der Waals surface area contributed by atoms with Crippen molar-refractivity contribution in [3.05, 3.63) is 21.7 Å². The molecule has 1 N–H and O–H groups in total. The summed E-state index contributed by atoms with van der Waals surface area (Å²) in [6.07, 6.45) is 7.20. The van der Waals surface area contributed by atoms with Gasteiger partial charge >= 0.3 is 0 Å². The van der Waals surface area contributed by atoms with Crippen molar-refractivity contribution < 1.29 is 14.7 Å². The maximum absolute atomic E-state index is 11.7. The second-order valence-corrected chi connectivity index (χ2v) is 4.85. The SMILES string of the molecule is C#CC1(O)CCC2=C(C1)C(=O)C=C(Br)C2=O. The lowest BCUT2D eigenvalue weighted by Gasteiger charge is -2.31. The zero-order valence-corrected chi connectivity index (χ0v) is 10.0. The van der Waals surface area contributed by atoms with Gasteiger partial charge in [-0.05, 0) is 28.8 Å². The van der Waals surface area contributed by atoms with Crippen molar-refractivity contribution in [3.63, 3.8) is 0 Å². The van der Waals surface area contributed by atoms with Crippen LogP contribution in [0, 0.1) is 12.3 Å². The Kier molecular flexibility index (Phi) is 2.61. The molecule has 82 valence electrons. The van der Waals surface area contributed by atoms with Gasteiger partial charge in [0, 0.05) is 23.6 Å².